The summed E-state index contributed by atoms with van der Waals surface area (Å²) < 4.78 is 5.96. The highest BCUT2D eigenvalue weighted by molar-refractivity contribution is 5.71. The number of unbranched alkanes of at least 4 members (excludes halogenated alkanes) is 5. The van der Waals surface area contributed by atoms with E-state index in [9.17, 15) is 5.11 Å². The second-order valence-corrected chi connectivity index (χ2v) is 12.0. The summed E-state index contributed by atoms with van der Waals surface area (Å²) >= 11 is 0. The van der Waals surface area contributed by atoms with Crippen molar-refractivity contribution in [3.05, 3.63) is 76.9 Å². The molecule has 2 aliphatic carbocycles. The molecule has 42 heavy (non-hydrogen) atoms. The van der Waals surface area contributed by atoms with Crippen LogP contribution in [0, 0.1) is 0 Å². The van der Waals surface area contributed by atoms with Gasteiger partial charge in [0.1, 0.15) is 11.5 Å². The third-order valence-corrected chi connectivity index (χ3v) is 8.83. The van der Waals surface area contributed by atoms with Crippen LogP contribution in [0.5, 0.6) is 11.5 Å². The summed E-state index contributed by atoms with van der Waals surface area (Å²) in [4.78, 5) is 14.8. The number of phenols is 1. The molecule has 0 amide bonds. The number of aromatic nitrogens is 3. The Kier molecular flexibility index (Phi) is 9.12. The molecule has 0 spiro atoms. The lowest BCUT2D eigenvalue weighted by atomic mass is 9.90. The van der Waals surface area contributed by atoms with Crippen molar-refractivity contribution >= 4 is 0 Å². The molecule has 1 aromatic heterocycles. The van der Waals surface area contributed by atoms with E-state index in [-0.39, 0.29) is 5.75 Å². The Bertz CT molecular complexity index is 1450. The van der Waals surface area contributed by atoms with Crippen LogP contribution < -0.4 is 4.74 Å². The SMILES string of the molecule is CCCCCCCCOc1ccc(-c2nc(-c3ccc4c(c3)CCCC4)nc(-c3ccc4c(c3)CCCC4)n2)c(O)c1. The molecule has 1 heterocycles. The lowest BCUT2D eigenvalue weighted by Gasteiger charge is -2.18. The van der Waals surface area contributed by atoms with Gasteiger partial charge in [-0.15, -0.1) is 0 Å². The molecule has 0 atom stereocenters. The van der Waals surface area contributed by atoms with Gasteiger partial charge in [-0.1, -0.05) is 63.3 Å². The Hall–Kier alpha value is -3.73. The minimum atomic E-state index is 0.120. The zero-order chi connectivity index (χ0) is 28.7. The lowest BCUT2D eigenvalue weighted by molar-refractivity contribution is 0.303. The van der Waals surface area contributed by atoms with Crippen LogP contribution in [0.1, 0.15) is 93.4 Å². The molecule has 1 N–H and O–H groups in total. The Morgan fingerprint density at radius 2 is 1.14 bits per heavy atom. The van der Waals surface area contributed by atoms with Gasteiger partial charge in [-0.3, -0.25) is 0 Å². The molecule has 0 saturated heterocycles. The summed E-state index contributed by atoms with van der Waals surface area (Å²) in [6.07, 6.45) is 16.7. The topological polar surface area (TPSA) is 68.1 Å². The Labute approximate surface area is 250 Å². The predicted octanol–water partition coefficient (Wildman–Crippen LogP) is 9.08. The Balaban J connectivity index is 1.30. The number of rotatable bonds is 11. The van der Waals surface area contributed by atoms with Crippen molar-refractivity contribution in [2.24, 2.45) is 0 Å². The molecule has 6 rings (SSSR count). The quantitative estimate of drug-likeness (QED) is 0.185. The molecule has 0 fully saturated rings. The number of aromatic hydroxyl groups is 1. The van der Waals surface area contributed by atoms with Crippen molar-refractivity contribution in [2.75, 3.05) is 6.61 Å². The fourth-order valence-electron chi connectivity index (χ4n) is 6.36. The second-order valence-electron chi connectivity index (χ2n) is 12.0. The van der Waals surface area contributed by atoms with Crippen LogP contribution in [0.4, 0.5) is 0 Å². The smallest absolute Gasteiger partial charge is 0.167 e. The maximum atomic E-state index is 11.1. The molecular weight excluding hydrogens is 518 g/mol. The molecule has 0 aliphatic heterocycles. The Morgan fingerprint density at radius 1 is 0.595 bits per heavy atom. The average molecular weight is 562 g/mol. The van der Waals surface area contributed by atoms with Gasteiger partial charge in [0.2, 0.25) is 0 Å². The van der Waals surface area contributed by atoms with Crippen molar-refractivity contribution in [3.63, 3.8) is 0 Å². The van der Waals surface area contributed by atoms with E-state index in [1.807, 2.05) is 12.1 Å². The van der Waals surface area contributed by atoms with Crippen LogP contribution in [-0.4, -0.2) is 26.7 Å². The minimum Gasteiger partial charge on any atom is -0.507 e. The van der Waals surface area contributed by atoms with E-state index in [0.29, 0.717) is 35.4 Å². The first-order valence-corrected chi connectivity index (χ1v) is 16.1. The molecule has 218 valence electrons. The van der Waals surface area contributed by atoms with E-state index in [2.05, 4.69) is 43.3 Å². The van der Waals surface area contributed by atoms with E-state index < -0.39 is 0 Å². The van der Waals surface area contributed by atoms with Gasteiger partial charge >= 0.3 is 0 Å². The number of phenolic OH excluding ortho intramolecular Hbond substituents is 1. The number of nitrogens with zero attached hydrogens (tertiary/aromatic N) is 3. The first kappa shape index (κ1) is 28.4. The van der Waals surface area contributed by atoms with Gasteiger partial charge in [0.15, 0.2) is 17.5 Å². The number of ether oxygens (including phenoxy) is 1. The van der Waals surface area contributed by atoms with E-state index >= 15 is 0 Å². The second kappa shape index (κ2) is 13.5. The third kappa shape index (κ3) is 6.67. The van der Waals surface area contributed by atoms with E-state index in [4.69, 9.17) is 19.7 Å². The van der Waals surface area contributed by atoms with Gasteiger partial charge in [0, 0.05) is 17.2 Å². The van der Waals surface area contributed by atoms with Gasteiger partial charge in [-0.25, -0.2) is 15.0 Å². The lowest BCUT2D eigenvalue weighted by Crippen LogP contribution is -2.05. The molecular formula is C37H43N3O2. The molecule has 0 bridgehead atoms. The zero-order valence-electron chi connectivity index (χ0n) is 25.0. The molecule has 0 saturated carbocycles. The molecule has 0 unspecified atom stereocenters. The van der Waals surface area contributed by atoms with E-state index in [1.165, 1.54) is 80.0 Å². The van der Waals surface area contributed by atoms with Crippen LogP contribution >= 0.6 is 0 Å². The number of hydrogen-bond donors (Lipinski definition) is 1. The molecule has 2 aliphatic rings. The number of hydrogen-bond acceptors (Lipinski definition) is 5. The summed E-state index contributed by atoms with van der Waals surface area (Å²) in [6.45, 7) is 2.89. The fraction of sp³-hybridized carbons (Fsp3) is 0.432. The monoisotopic (exact) mass is 561 g/mol. The zero-order valence-corrected chi connectivity index (χ0v) is 25.0. The van der Waals surface area contributed by atoms with Gasteiger partial charge in [-0.05, 0) is 104 Å². The van der Waals surface area contributed by atoms with E-state index in [1.54, 1.807) is 6.07 Å². The standard InChI is InChI=1S/C37H43N3O2/c1-2-3-4-5-6-11-22-42-32-20-21-33(34(41)25-32)37-39-35(30-18-16-26-12-7-9-14-28(26)23-30)38-36(40-37)31-19-17-27-13-8-10-15-29(27)24-31/h16-21,23-25,41H,2-15,22H2,1H3. The van der Waals surface area contributed by atoms with Crippen LogP contribution in [0.25, 0.3) is 34.2 Å². The minimum absolute atomic E-state index is 0.120. The highest BCUT2D eigenvalue weighted by Gasteiger charge is 2.18. The summed E-state index contributed by atoms with van der Waals surface area (Å²) in [5, 5.41) is 11.1. The highest BCUT2D eigenvalue weighted by atomic mass is 16.5. The normalized spacial score (nSPS) is 14.3. The van der Waals surface area contributed by atoms with Gasteiger partial charge in [0.05, 0.1) is 12.2 Å². The van der Waals surface area contributed by atoms with Crippen molar-refractivity contribution in [1.82, 2.24) is 15.0 Å². The van der Waals surface area contributed by atoms with Crippen LogP contribution in [0.15, 0.2) is 54.6 Å². The molecule has 5 heteroatoms. The Morgan fingerprint density at radius 3 is 1.74 bits per heavy atom. The van der Waals surface area contributed by atoms with Crippen LogP contribution in [0.3, 0.4) is 0 Å². The predicted molar refractivity (Wildman–Crippen MR) is 170 cm³/mol. The summed E-state index contributed by atoms with van der Waals surface area (Å²) in [5.74, 6) is 2.55. The molecule has 0 radical (unpaired) electrons. The molecule has 5 nitrogen and oxygen atoms in total. The van der Waals surface area contributed by atoms with Gasteiger partial charge in [0.25, 0.3) is 0 Å². The van der Waals surface area contributed by atoms with Crippen molar-refractivity contribution < 1.29 is 9.84 Å². The maximum absolute atomic E-state index is 11.1. The highest BCUT2D eigenvalue weighted by Crippen LogP contribution is 2.34. The van der Waals surface area contributed by atoms with Gasteiger partial charge < -0.3 is 9.84 Å². The average Bonchev–Trinajstić information content (AvgIpc) is 3.03. The van der Waals surface area contributed by atoms with Crippen molar-refractivity contribution in [3.8, 4) is 45.7 Å². The molecule has 3 aromatic carbocycles. The largest absolute Gasteiger partial charge is 0.507 e. The number of benzene rings is 3. The van der Waals surface area contributed by atoms with Crippen molar-refractivity contribution in [2.45, 2.75) is 96.8 Å². The van der Waals surface area contributed by atoms with Gasteiger partial charge in [-0.2, -0.15) is 0 Å². The first-order chi connectivity index (χ1) is 20.7. The summed E-state index contributed by atoms with van der Waals surface area (Å²) in [5.41, 5.74) is 8.24. The first-order valence-electron chi connectivity index (χ1n) is 16.1. The molecule has 4 aromatic rings. The summed E-state index contributed by atoms with van der Waals surface area (Å²) in [6, 6.07) is 18.7. The number of fused-ring (bicyclic) bond motifs is 2. The van der Waals surface area contributed by atoms with Crippen LogP contribution in [-0.2, 0) is 25.7 Å². The van der Waals surface area contributed by atoms with Crippen LogP contribution in [0.2, 0.25) is 0 Å². The van der Waals surface area contributed by atoms with E-state index in [0.717, 1.165) is 43.2 Å². The summed E-state index contributed by atoms with van der Waals surface area (Å²) in [7, 11) is 0. The van der Waals surface area contributed by atoms with Crippen molar-refractivity contribution in [1.29, 1.82) is 0 Å². The fourth-order valence-corrected chi connectivity index (χ4v) is 6.36. The third-order valence-electron chi connectivity index (χ3n) is 8.83. The maximum Gasteiger partial charge on any atom is 0.167 e. The number of aryl methyl sites for hydroxylation is 4.